The molecule has 1 amide bonds. The lowest BCUT2D eigenvalue weighted by atomic mass is 10.1. The summed E-state index contributed by atoms with van der Waals surface area (Å²) in [5, 5.41) is 13.4. The van der Waals surface area contributed by atoms with Crippen molar-refractivity contribution in [1.82, 2.24) is 5.32 Å². The van der Waals surface area contributed by atoms with E-state index < -0.39 is 23.7 Å². The minimum Gasteiger partial charge on any atom is -0.480 e. The Hall–Kier alpha value is -1.56. The van der Waals surface area contributed by atoms with Crippen molar-refractivity contribution >= 4 is 23.4 Å². The van der Waals surface area contributed by atoms with Crippen LogP contribution in [0, 0.1) is 6.92 Å². The van der Waals surface area contributed by atoms with Crippen LogP contribution in [0.15, 0.2) is 11.4 Å². The Morgan fingerprint density at radius 2 is 2.11 bits per heavy atom. The number of carboxylic acids is 1. The van der Waals surface area contributed by atoms with Crippen LogP contribution in [-0.2, 0) is 16.0 Å². The number of aliphatic carboxylic acids is 1. The number of hydrogen-bond acceptors (Lipinski definition) is 4. The summed E-state index contributed by atoms with van der Waals surface area (Å²) in [4.78, 5) is 23.6. The van der Waals surface area contributed by atoms with E-state index >= 15 is 0 Å². The number of ether oxygens (including phenoxy) is 1. The Balaban J connectivity index is 2.63. The maximum absolute atomic E-state index is 11.6. The van der Waals surface area contributed by atoms with Gasteiger partial charge in [-0.2, -0.15) is 0 Å². The van der Waals surface area contributed by atoms with Crippen molar-refractivity contribution in [2.45, 2.75) is 45.8 Å². The molecular formula is C13H19NO4S. The van der Waals surface area contributed by atoms with Crippen LogP contribution in [0.2, 0.25) is 0 Å². The number of hydrogen-bond donors (Lipinski definition) is 2. The lowest BCUT2D eigenvalue weighted by molar-refractivity contribution is -0.139. The second-order valence-electron chi connectivity index (χ2n) is 5.33. The highest BCUT2D eigenvalue weighted by Gasteiger charge is 2.24. The summed E-state index contributed by atoms with van der Waals surface area (Å²) in [7, 11) is 0. The van der Waals surface area contributed by atoms with Crippen LogP contribution < -0.4 is 5.32 Å². The average molecular weight is 285 g/mol. The molecule has 1 heterocycles. The van der Waals surface area contributed by atoms with Crippen LogP contribution in [0.1, 0.15) is 31.2 Å². The van der Waals surface area contributed by atoms with Crippen LogP contribution >= 0.6 is 11.3 Å². The van der Waals surface area contributed by atoms with E-state index in [0.29, 0.717) is 0 Å². The maximum atomic E-state index is 11.6. The Morgan fingerprint density at radius 3 is 2.53 bits per heavy atom. The number of thiophene rings is 1. The molecular weight excluding hydrogens is 266 g/mol. The van der Waals surface area contributed by atoms with Gasteiger partial charge < -0.3 is 15.2 Å². The highest BCUT2D eigenvalue weighted by molar-refractivity contribution is 7.10. The van der Waals surface area contributed by atoms with Crippen molar-refractivity contribution in [1.29, 1.82) is 0 Å². The predicted octanol–water partition coefficient (Wildman–Crippen LogP) is 2.58. The first-order valence-corrected chi connectivity index (χ1v) is 6.81. The number of carbonyl (C=O) groups excluding carboxylic acids is 1. The van der Waals surface area contributed by atoms with Gasteiger partial charge in [0.05, 0.1) is 0 Å². The van der Waals surface area contributed by atoms with Crippen LogP contribution in [0.3, 0.4) is 0 Å². The minimum atomic E-state index is -1.07. The first-order valence-electron chi connectivity index (χ1n) is 5.94. The molecule has 0 unspecified atom stereocenters. The zero-order valence-corrected chi connectivity index (χ0v) is 12.3. The summed E-state index contributed by atoms with van der Waals surface area (Å²) in [6.07, 6.45) is -0.458. The van der Waals surface area contributed by atoms with Crippen molar-refractivity contribution in [3.05, 3.63) is 21.9 Å². The van der Waals surface area contributed by atoms with Crippen molar-refractivity contribution in [2.75, 3.05) is 0 Å². The van der Waals surface area contributed by atoms with E-state index in [1.807, 2.05) is 18.4 Å². The zero-order valence-electron chi connectivity index (χ0n) is 11.5. The van der Waals surface area contributed by atoms with Crippen molar-refractivity contribution in [3.8, 4) is 0 Å². The molecule has 0 bridgehead atoms. The minimum absolute atomic E-state index is 0.257. The Kier molecular flexibility index (Phi) is 4.94. The monoisotopic (exact) mass is 285 g/mol. The van der Waals surface area contributed by atoms with Gasteiger partial charge in [0.1, 0.15) is 11.6 Å². The molecule has 1 atom stereocenters. The van der Waals surface area contributed by atoms with Gasteiger partial charge in [-0.3, -0.25) is 0 Å². The summed E-state index contributed by atoms with van der Waals surface area (Å²) in [5.74, 6) is -1.07. The van der Waals surface area contributed by atoms with Crippen LogP contribution in [0.4, 0.5) is 4.79 Å². The van der Waals surface area contributed by atoms with Gasteiger partial charge in [-0.1, -0.05) is 0 Å². The molecule has 0 fully saturated rings. The summed E-state index contributed by atoms with van der Waals surface area (Å²) >= 11 is 1.48. The van der Waals surface area contributed by atoms with Gasteiger partial charge in [-0.15, -0.1) is 11.3 Å². The number of aryl methyl sites for hydroxylation is 1. The fourth-order valence-corrected chi connectivity index (χ4v) is 2.37. The molecule has 5 nitrogen and oxygen atoms in total. The summed E-state index contributed by atoms with van der Waals surface area (Å²) in [6, 6.07) is 0.935. The van der Waals surface area contributed by atoms with E-state index in [1.54, 1.807) is 20.8 Å². The molecule has 1 rings (SSSR count). The Labute approximate surface area is 116 Å². The van der Waals surface area contributed by atoms with Crippen molar-refractivity contribution in [2.24, 2.45) is 0 Å². The quantitative estimate of drug-likeness (QED) is 0.891. The molecule has 1 aromatic rings. The lowest BCUT2D eigenvalue weighted by Crippen LogP contribution is -2.44. The molecule has 0 aliphatic heterocycles. The van der Waals surface area contributed by atoms with Gasteiger partial charge in [-0.25, -0.2) is 9.59 Å². The highest BCUT2D eigenvalue weighted by Crippen LogP contribution is 2.16. The lowest BCUT2D eigenvalue weighted by Gasteiger charge is -2.21. The SMILES string of the molecule is Cc1csc(C[C@@H](NC(=O)OC(C)(C)C)C(=O)O)c1. The average Bonchev–Trinajstić information content (AvgIpc) is 2.60. The largest absolute Gasteiger partial charge is 0.480 e. The van der Waals surface area contributed by atoms with E-state index in [-0.39, 0.29) is 6.42 Å². The number of carbonyl (C=O) groups is 2. The third-order valence-electron chi connectivity index (χ3n) is 2.18. The van der Waals surface area contributed by atoms with E-state index in [0.717, 1.165) is 10.4 Å². The van der Waals surface area contributed by atoms with Crippen LogP contribution in [-0.4, -0.2) is 28.8 Å². The molecule has 6 heteroatoms. The van der Waals surface area contributed by atoms with Gasteiger partial charge in [0.25, 0.3) is 0 Å². The van der Waals surface area contributed by atoms with Crippen molar-refractivity contribution in [3.63, 3.8) is 0 Å². The van der Waals surface area contributed by atoms with Crippen LogP contribution in [0.5, 0.6) is 0 Å². The van der Waals surface area contributed by atoms with E-state index in [2.05, 4.69) is 5.32 Å². The second-order valence-corrected chi connectivity index (χ2v) is 6.33. The summed E-state index contributed by atoms with van der Waals surface area (Å²) in [6.45, 7) is 7.12. The number of nitrogens with one attached hydrogen (secondary N) is 1. The molecule has 0 spiro atoms. The zero-order chi connectivity index (χ0) is 14.6. The third kappa shape index (κ3) is 5.74. The third-order valence-corrected chi connectivity index (χ3v) is 3.26. The molecule has 0 aliphatic carbocycles. The summed E-state index contributed by atoms with van der Waals surface area (Å²) < 4.78 is 5.05. The topological polar surface area (TPSA) is 75.6 Å². The molecule has 0 aliphatic rings. The number of rotatable bonds is 4. The van der Waals surface area contributed by atoms with E-state index in [9.17, 15) is 9.59 Å². The smallest absolute Gasteiger partial charge is 0.408 e. The fraction of sp³-hybridized carbons (Fsp3) is 0.538. The standard InChI is InChI=1S/C13H19NO4S/c1-8-5-9(19-7-8)6-10(11(15)16)14-12(17)18-13(2,3)4/h5,7,10H,6H2,1-4H3,(H,14,17)(H,15,16)/t10-/m1/s1. The normalized spacial score (nSPS) is 12.8. The van der Waals surface area contributed by atoms with Gasteiger partial charge in [0.2, 0.25) is 0 Å². The number of alkyl carbamates (subject to hydrolysis) is 1. The molecule has 1 aromatic heterocycles. The molecule has 2 N–H and O–H groups in total. The number of amides is 1. The first kappa shape index (κ1) is 15.5. The molecule has 0 aromatic carbocycles. The maximum Gasteiger partial charge on any atom is 0.408 e. The first-order chi connectivity index (χ1) is 8.67. The Morgan fingerprint density at radius 1 is 1.47 bits per heavy atom. The van der Waals surface area contributed by atoms with Gasteiger partial charge in [0.15, 0.2) is 0 Å². The van der Waals surface area contributed by atoms with Gasteiger partial charge in [-0.05, 0) is 44.7 Å². The second kappa shape index (κ2) is 6.06. The molecule has 0 saturated carbocycles. The predicted molar refractivity (Wildman–Crippen MR) is 73.6 cm³/mol. The molecule has 19 heavy (non-hydrogen) atoms. The van der Waals surface area contributed by atoms with Gasteiger partial charge >= 0.3 is 12.1 Å². The van der Waals surface area contributed by atoms with Gasteiger partial charge in [0, 0.05) is 11.3 Å². The number of carboxylic acid groups (broad SMARTS) is 1. The Bertz CT molecular complexity index is 461. The molecule has 0 saturated heterocycles. The fourth-order valence-electron chi connectivity index (χ4n) is 1.45. The van der Waals surface area contributed by atoms with Crippen LogP contribution in [0.25, 0.3) is 0 Å². The van der Waals surface area contributed by atoms with E-state index in [1.165, 1.54) is 11.3 Å². The highest BCUT2D eigenvalue weighted by atomic mass is 32.1. The molecule has 106 valence electrons. The molecule has 0 radical (unpaired) electrons. The van der Waals surface area contributed by atoms with Crippen molar-refractivity contribution < 1.29 is 19.4 Å². The van der Waals surface area contributed by atoms with E-state index in [4.69, 9.17) is 9.84 Å². The summed E-state index contributed by atoms with van der Waals surface area (Å²) in [5.41, 5.74) is 0.438.